The molecule has 3 atom stereocenters. The van der Waals surface area contributed by atoms with Crippen molar-refractivity contribution in [3.8, 4) is 23.1 Å². The van der Waals surface area contributed by atoms with Crippen LogP contribution in [-0.2, 0) is 16.6 Å². The highest BCUT2D eigenvalue weighted by molar-refractivity contribution is 7.90. The molecule has 12 rings (SSSR count). The zero-order valence-electron chi connectivity index (χ0n) is 45.4. The molecule has 2 aliphatic carbocycles. The van der Waals surface area contributed by atoms with E-state index in [-0.39, 0.29) is 63.8 Å². The predicted molar refractivity (Wildman–Crippen MR) is 298 cm³/mol. The number of pyridine rings is 2. The number of hydrogen-bond donors (Lipinski definition) is 4. The minimum absolute atomic E-state index is 0.00458. The van der Waals surface area contributed by atoms with Crippen LogP contribution in [0.4, 0.5) is 21.6 Å². The number of carbonyl (C=O) groups is 1. The smallest absolute Gasteiger partial charge is 0.312 e. The molecule has 4 aliphatic heterocycles. The number of anilines is 2. The van der Waals surface area contributed by atoms with E-state index in [9.17, 15) is 28.4 Å². The van der Waals surface area contributed by atoms with Crippen LogP contribution in [0.25, 0.3) is 11.0 Å². The number of nitro groups is 1. The van der Waals surface area contributed by atoms with Gasteiger partial charge in [0, 0.05) is 80.9 Å². The summed E-state index contributed by atoms with van der Waals surface area (Å²) in [5, 5.41) is 25.7. The highest BCUT2D eigenvalue weighted by atomic mass is 32.2. The van der Waals surface area contributed by atoms with E-state index < -0.39 is 42.9 Å². The molecule has 1 spiro atoms. The zero-order chi connectivity index (χ0) is 55.4. The summed E-state index contributed by atoms with van der Waals surface area (Å²) >= 11 is 0. The lowest BCUT2D eigenvalue weighted by Gasteiger charge is -2.66. The van der Waals surface area contributed by atoms with Crippen molar-refractivity contribution < 1.29 is 41.8 Å². The molecular formula is C59H70FN9O9S. The molecule has 2 unspecified atom stereocenters. The second-order valence-corrected chi connectivity index (χ2v) is 24.7. The summed E-state index contributed by atoms with van der Waals surface area (Å²) in [6, 6.07) is 26.3. The number of aromatic amines is 1. The highest BCUT2D eigenvalue weighted by Crippen LogP contribution is 2.57. The number of rotatable bonds is 18. The van der Waals surface area contributed by atoms with Gasteiger partial charge in [0.1, 0.15) is 27.9 Å². The number of hydrogen-bond acceptors (Lipinski definition) is 15. The number of H-pyrrole nitrogens is 1. The molecule has 2 saturated carbocycles. The van der Waals surface area contributed by atoms with E-state index in [0.717, 1.165) is 81.8 Å². The molecule has 418 valence electrons. The third kappa shape index (κ3) is 11.0. The Morgan fingerprint density at radius 3 is 2.46 bits per heavy atom. The first-order valence-corrected chi connectivity index (χ1v) is 29.2. The molecule has 2 bridgehead atoms. The molecule has 6 fully saturated rings. The Morgan fingerprint density at radius 2 is 1.75 bits per heavy atom. The lowest BCUT2D eigenvalue weighted by molar-refractivity contribution is -0.384. The van der Waals surface area contributed by atoms with Gasteiger partial charge in [-0.25, -0.2) is 22.5 Å². The summed E-state index contributed by atoms with van der Waals surface area (Å²) in [5.41, 5.74) is 3.77. The van der Waals surface area contributed by atoms with Gasteiger partial charge in [-0.15, -0.1) is 0 Å². The molecule has 3 aromatic carbocycles. The number of carbonyl (C=O) groups excluding carboxylic acids is 1. The maximum absolute atomic E-state index is 15.0. The van der Waals surface area contributed by atoms with Gasteiger partial charge in [-0.05, 0) is 130 Å². The van der Waals surface area contributed by atoms with Crippen molar-refractivity contribution in [2.24, 2.45) is 11.3 Å². The lowest BCUT2D eigenvalue weighted by Crippen LogP contribution is -2.72. The fraction of sp³-hybridized carbons (Fsp3) is 0.475. The number of halogens is 1. The zero-order valence-corrected chi connectivity index (χ0v) is 46.2. The largest absolute Gasteiger partial charge is 0.497 e. The number of ether oxygens (including phenoxy) is 3. The Bertz CT molecular complexity index is 3350. The Hall–Kier alpha value is -6.87. The van der Waals surface area contributed by atoms with Crippen LogP contribution in [-0.4, -0.2) is 113 Å². The Morgan fingerprint density at radius 1 is 1.00 bits per heavy atom. The van der Waals surface area contributed by atoms with Gasteiger partial charge < -0.3 is 34.5 Å². The van der Waals surface area contributed by atoms with Gasteiger partial charge in [0.2, 0.25) is 5.82 Å². The molecule has 20 heteroatoms. The molecule has 4 N–H and O–H groups in total. The molecule has 6 aliphatic rings. The molecule has 18 nitrogen and oxygen atoms in total. The number of methoxy groups -OCH3 is 1. The fourth-order valence-electron chi connectivity index (χ4n) is 13.1. The van der Waals surface area contributed by atoms with Gasteiger partial charge in [0.05, 0.1) is 47.4 Å². The van der Waals surface area contributed by atoms with E-state index in [4.69, 9.17) is 14.2 Å². The molecule has 4 saturated heterocycles. The number of nitrogens with one attached hydrogen (secondary N) is 3. The van der Waals surface area contributed by atoms with Crippen molar-refractivity contribution in [2.75, 3.05) is 50.1 Å². The molecular weight excluding hydrogens is 1030 g/mol. The quantitative estimate of drug-likeness (QED) is 0.0465. The van der Waals surface area contributed by atoms with E-state index in [1.165, 1.54) is 35.2 Å². The molecule has 1 amide bonds. The molecule has 79 heavy (non-hydrogen) atoms. The molecule has 6 aromatic rings. The summed E-state index contributed by atoms with van der Waals surface area (Å²) in [6.07, 6.45) is 10.0. The van der Waals surface area contributed by atoms with Crippen LogP contribution in [0, 0.1) is 27.3 Å². The number of aliphatic hydroxyl groups is 1. The van der Waals surface area contributed by atoms with Crippen molar-refractivity contribution in [2.45, 2.75) is 133 Å². The van der Waals surface area contributed by atoms with Crippen LogP contribution >= 0.6 is 0 Å². The first-order valence-electron chi connectivity index (χ1n) is 27.7. The van der Waals surface area contributed by atoms with Crippen LogP contribution in [0.15, 0.2) is 96.2 Å². The van der Waals surface area contributed by atoms with Crippen molar-refractivity contribution in [3.05, 3.63) is 129 Å². The van der Waals surface area contributed by atoms with Gasteiger partial charge in [0.15, 0.2) is 5.75 Å². The van der Waals surface area contributed by atoms with E-state index in [1.54, 1.807) is 33.1 Å². The Kier molecular flexibility index (Phi) is 14.8. The van der Waals surface area contributed by atoms with Crippen LogP contribution in [0.1, 0.15) is 124 Å². The van der Waals surface area contributed by atoms with E-state index >= 15 is 4.39 Å². The summed E-state index contributed by atoms with van der Waals surface area (Å²) < 4.78 is 62.7. The molecule has 3 aromatic heterocycles. The standard InChI is InChI=1S/C59H70FN9O9S/c1-6-77-57-52(28-47-48(60)33-63-54(47)64-57)78-51-26-39(13-16-46(51)56(70)65-79(74,75)43-27-50(69(72)73)55(62-32-43)61-31-37-17-19-58(4,71)20-18-37)66-23-21-59(22-24-66)29-41(30-59)68-35-40-25-49(53(68)45-10-8-7-9-44(45)36(2)3)67(40)34-38-11-14-42(76-5)15-12-38/h7-16,26-28,32-33,36-37,40-41,49,53,71H,6,17-25,29-31,34-35H2,1-5H3,(H,61,62)(H,63,64)(H,65,70)/t37?,40?,49?,53-,58?/m1/s1. The van der Waals surface area contributed by atoms with Crippen LogP contribution in [0.3, 0.4) is 0 Å². The van der Waals surface area contributed by atoms with Crippen LogP contribution < -0.4 is 29.1 Å². The highest BCUT2D eigenvalue weighted by Gasteiger charge is 2.57. The van der Waals surface area contributed by atoms with E-state index in [2.05, 4.69) is 89.9 Å². The minimum atomic E-state index is -4.75. The third-order valence-corrected chi connectivity index (χ3v) is 18.9. The number of nitrogens with zero attached hydrogens (tertiary/aromatic N) is 6. The van der Waals surface area contributed by atoms with Gasteiger partial charge in [-0.2, -0.15) is 4.98 Å². The Balaban J connectivity index is 0.814. The second-order valence-electron chi connectivity index (χ2n) is 23.0. The monoisotopic (exact) mass is 1100 g/mol. The maximum Gasteiger partial charge on any atom is 0.312 e. The topological polar surface area (TPSA) is 218 Å². The number of piperidine rings is 2. The van der Waals surface area contributed by atoms with Gasteiger partial charge in [0.25, 0.3) is 21.8 Å². The van der Waals surface area contributed by atoms with Gasteiger partial charge in [-0.3, -0.25) is 24.7 Å². The Labute approximate surface area is 460 Å². The van der Waals surface area contributed by atoms with Gasteiger partial charge >= 0.3 is 5.69 Å². The maximum atomic E-state index is 15.0. The normalized spacial score (nSPS) is 23.3. The first-order chi connectivity index (χ1) is 37.9. The third-order valence-electron chi connectivity index (χ3n) is 17.6. The van der Waals surface area contributed by atoms with Crippen LogP contribution in [0.5, 0.6) is 23.1 Å². The number of amides is 1. The summed E-state index contributed by atoms with van der Waals surface area (Å²) in [4.78, 5) is 44.4. The lowest BCUT2D eigenvalue weighted by atomic mass is 9.59. The second kappa shape index (κ2) is 21.6. The average Bonchev–Trinajstić information content (AvgIpc) is 3.82. The number of sulfonamides is 1. The number of piperazine rings is 1. The van der Waals surface area contributed by atoms with Crippen molar-refractivity contribution in [1.82, 2.24) is 29.5 Å². The van der Waals surface area contributed by atoms with E-state index in [0.29, 0.717) is 56.3 Å². The van der Waals surface area contributed by atoms with Crippen molar-refractivity contribution >= 4 is 44.2 Å². The van der Waals surface area contributed by atoms with E-state index in [1.807, 2.05) is 12.1 Å². The molecule has 7 heterocycles. The fourth-order valence-corrected chi connectivity index (χ4v) is 14.0. The number of benzene rings is 3. The van der Waals surface area contributed by atoms with Crippen LogP contribution in [0.2, 0.25) is 0 Å². The summed E-state index contributed by atoms with van der Waals surface area (Å²) in [5.74, 6) is -0.411. The predicted octanol–water partition coefficient (Wildman–Crippen LogP) is 10.2. The minimum Gasteiger partial charge on any atom is -0.497 e. The first kappa shape index (κ1) is 54.1. The van der Waals surface area contributed by atoms with Crippen molar-refractivity contribution in [1.29, 1.82) is 0 Å². The molecule has 0 radical (unpaired) electrons. The SMILES string of the molecule is CCOc1nc2[nH]cc(F)c2cc1Oc1cc(N2CCC3(CC2)CC(N2CC4CC([C@H]2c2ccccc2C(C)C)N4Cc2ccc(OC)cc2)C3)ccc1C(=O)NS(=O)(=O)c1cnc(NCC2CCC(C)(O)CC2)c([N+](=O)[O-])c1. The van der Waals surface area contributed by atoms with Gasteiger partial charge in [-0.1, -0.05) is 50.2 Å². The number of aromatic nitrogens is 3. The number of fused-ring (bicyclic) bond motifs is 3. The summed E-state index contributed by atoms with van der Waals surface area (Å²) in [7, 11) is -3.05. The average molecular weight is 1100 g/mol. The summed E-state index contributed by atoms with van der Waals surface area (Å²) in [6.45, 7) is 12.1. The van der Waals surface area contributed by atoms with Crippen molar-refractivity contribution in [3.63, 3.8) is 0 Å².